The Hall–Kier alpha value is -7.16. The molecule has 3 aliphatic carbocycles. The third kappa shape index (κ3) is 5.25. The van der Waals surface area contributed by atoms with Crippen LogP contribution in [-0.4, -0.2) is 6.04 Å². The lowest BCUT2D eigenvalue weighted by Gasteiger charge is -2.30. The number of nitrogens with one attached hydrogen (secondary N) is 1. The Morgan fingerprint density at radius 2 is 0.877 bits per heavy atom. The second kappa shape index (κ2) is 13.5. The number of para-hydroxylation sites is 2. The summed E-state index contributed by atoms with van der Waals surface area (Å²) >= 11 is 0. The summed E-state index contributed by atoms with van der Waals surface area (Å²) in [7, 11) is 0. The average Bonchev–Trinajstić information content (AvgIpc) is 3.76. The Bertz CT molecular complexity index is 2770. The fourth-order valence-corrected chi connectivity index (χ4v) is 9.83. The van der Waals surface area contributed by atoms with Crippen molar-refractivity contribution in [1.29, 1.82) is 0 Å². The SMILES string of the molecule is C1=CC(Nc2ccccc2)C(c2ccc(N(c3ccccc3)c3ccc(-c4cccc5c4-c4ccccc4C54c5ccccc5-c5ccccc54)cc3)cc2)C=C1. The van der Waals surface area contributed by atoms with Gasteiger partial charge in [0, 0.05) is 28.7 Å². The van der Waals surface area contributed by atoms with E-state index >= 15 is 0 Å². The van der Waals surface area contributed by atoms with Gasteiger partial charge >= 0.3 is 0 Å². The van der Waals surface area contributed by atoms with Crippen LogP contribution in [0.1, 0.15) is 33.7 Å². The zero-order valence-electron chi connectivity index (χ0n) is 31.5. The number of hydrogen-bond acceptors (Lipinski definition) is 2. The van der Waals surface area contributed by atoms with E-state index in [1.165, 1.54) is 61.2 Å². The van der Waals surface area contributed by atoms with Gasteiger partial charge in [-0.25, -0.2) is 0 Å². The summed E-state index contributed by atoms with van der Waals surface area (Å²) in [6.45, 7) is 0. The molecular weight excluding hydrogens is 689 g/mol. The minimum absolute atomic E-state index is 0.167. The van der Waals surface area contributed by atoms with Crippen LogP contribution < -0.4 is 10.2 Å². The van der Waals surface area contributed by atoms with E-state index in [1.807, 2.05) is 0 Å². The fourth-order valence-electron chi connectivity index (χ4n) is 9.83. The number of anilines is 4. The first kappa shape index (κ1) is 33.2. The summed E-state index contributed by atoms with van der Waals surface area (Å²) in [6, 6.07) is 73.6. The van der Waals surface area contributed by atoms with Crippen molar-refractivity contribution in [1.82, 2.24) is 0 Å². The standard InChI is InChI=1S/C55H40N2/c1-3-16-40(17-4-1)56-53-29-14-10-20-44(53)38-30-34-42(35-31-38)57(41-18-5-2-6-19-41)43-36-32-39(33-37-43)45-24-15-28-52-54(45)48-23-9-13-27-51(48)55(52)49-25-11-7-21-46(49)47-22-8-12-26-50(47)55/h1-37,44,53,56H. The molecule has 8 aromatic carbocycles. The smallest absolute Gasteiger partial charge is 0.0725 e. The molecule has 1 N–H and O–H groups in total. The van der Waals surface area contributed by atoms with Gasteiger partial charge in [-0.15, -0.1) is 0 Å². The van der Waals surface area contributed by atoms with Crippen LogP contribution in [-0.2, 0) is 5.41 Å². The number of rotatable bonds is 7. The molecule has 0 fully saturated rings. The topological polar surface area (TPSA) is 15.3 Å². The van der Waals surface area contributed by atoms with E-state index in [2.05, 4.69) is 235 Å². The van der Waals surface area contributed by atoms with Crippen LogP contribution >= 0.6 is 0 Å². The second-order valence-corrected chi connectivity index (χ2v) is 15.3. The molecule has 0 aromatic heterocycles. The molecule has 0 bridgehead atoms. The van der Waals surface area contributed by atoms with Gasteiger partial charge < -0.3 is 10.2 Å². The first-order valence-corrected chi connectivity index (χ1v) is 19.9. The van der Waals surface area contributed by atoms with Gasteiger partial charge in [0.1, 0.15) is 0 Å². The summed E-state index contributed by atoms with van der Waals surface area (Å²) in [6.07, 6.45) is 8.86. The zero-order chi connectivity index (χ0) is 37.8. The summed E-state index contributed by atoms with van der Waals surface area (Å²) in [5.74, 6) is 0.219. The molecule has 3 aliphatic rings. The molecule has 0 saturated heterocycles. The van der Waals surface area contributed by atoms with Gasteiger partial charge in [0.25, 0.3) is 0 Å². The minimum Gasteiger partial charge on any atom is -0.378 e. The molecule has 1 spiro atoms. The molecule has 0 amide bonds. The summed E-state index contributed by atoms with van der Waals surface area (Å²) in [4.78, 5) is 2.36. The summed E-state index contributed by atoms with van der Waals surface area (Å²) in [5, 5.41) is 3.73. The first-order chi connectivity index (χ1) is 28.3. The Balaban J connectivity index is 0.976. The van der Waals surface area contributed by atoms with Crippen LogP contribution in [0.5, 0.6) is 0 Å². The van der Waals surface area contributed by atoms with Gasteiger partial charge in [-0.05, 0) is 110 Å². The van der Waals surface area contributed by atoms with E-state index in [9.17, 15) is 0 Å². The predicted octanol–water partition coefficient (Wildman–Crippen LogP) is 13.9. The highest BCUT2D eigenvalue weighted by Crippen LogP contribution is 2.63. The van der Waals surface area contributed by atoms with Gasteiger partial charge in [0.15, 0.2) is 0 Å². The molecule has 270 valence electrons. The lowest BCUT2D eigenvalue weighted by Crippen LogP contribution is -2.25. The largest absolute Gasteiger partial charge is 0.378 e. The Morgan fingerprint density at radius 1 is 0.386 bits per heavy atom. The molecule has 0 radical (unpaired) electrons. The Morgan fingerprint density at radius 3 is 1.54 bits per heavy atom. The molecular formula is C55H40N2. The maximum atomic E-state index is 3.73. The third-order valence-electron chi connectivity index (χ3n) is 12.3. The van der Waals surface area contributed by atoms with Crippen LogP contribution in [0.25, 0.3) is 33.4 Å². The van der Waals surface area contributed by atoms with E-state index in [4.69, 9.17) is 0 Å². The maximum absolute atomic E-state index is 3.73. The number of benzene rings is 8. The Kier molecular flexibility index (Phi) is 7.89. The molecule has 11 rings (SSSR count). The summed E-state index contributed by atoms with van der Waals surface area (Å²) < 4.78 is 0. The van der Waals surface area contributed by atoms with E-state index in [0.29, 0.717) is 0 Å². The highest BCUT2D eigenvalue weighted by molar-refractivity contribution is 6.00. The van der Waals surface area contributed by atoms with Crippen molar-refractivity contribution >= 4 is 22.7 Å². The van der Waals surface area contributed by atoms with Gasteiger partial charge in [-0.1, -0.05) is 176 Å². The van der Waals surface area contributed by atoms with E-state index in [-0.39, 0.29) is 17.4 Å². The molecule has 2 heteroatoms. The number of hydrogen-bond donors (Lipinski definition) is 1. The fraction of sp³-hybridized carbons (Fsp3) is 0.0545. The molecule has 2 atom stereocenters. The van der Waals surface area contributed by atoms with Crippen molar-refractivity contribution in [2.75, 3.05) is 10.2 Å². The van der Waals surface area contributed by atoms with E-state index in [1.54, 1.807) is 0 Å². The molecule has 0 saturated carbocycles. The van der Waals surface area contributed by atoms with Crippen LogP contribution in [0.3, 0.4) is 0 Å². The third-order valence-corrected chi connectivity index (χ3v) is 12.3. The molecule has 2 nitrogen and oxygen atoms in total. The van der Waals surface area contributed by atoms with Gasteiger partial charge in [-0.2, -0.15) is 0 Å². The van der Waals surface area contributed by atoms with E-state index in [0.717, 1.165) is 22.7 Å². The molecule has 0 heterocycles. The van der Waals surface area contributed by atoms with Crippen LogP contribution in [0, 0.1) is 0 Å². The number of allylic oxidation sites excluding steroid dienone is 2. The van der Waals surface area contributed by atoms with Crippen molar-refractivity contribution < 1.29 is 0 Å². The normalized spacial score (nSPS) is 16.4. The lowest BCUT2D eigenvalue weighted by atomic mass is 9.70. The van der Waals surface area contributed by atoms with Crippen molar-refractivity contribution in [3.05, 3.63) is 252 Å². The van der Waals surface area contributed by atoms with Crippen molar-refractivity contribution in [3.8, 4) is 33.4 Å². The lowest BCUT2D eigenvalue weighted by molar-refractivity contribution is 0.756. The number of fused-ring (bicyclic) bond motifs is 10. The monoisotopic (exact) mass is 728 g/mol. The predicted molar refractivity (Wildman–Crippen MR) is 238 cm³/mol. The zero-order valence-corrected chi connectivity index (χ0v) is 31.5. The molecule has 57 heavy (non-hydrogen) atoms. The van der Waals surface area contributed by atoms with Crippen molar-refractivity contribution in [2.45, 2.75) is 17.4 Å². The molecule has 2 unspecified atom stereocenters. The van der Waals surface area contributed by atoms with Gasteiger partial charge in [0.2, 0.25) is 0 Å². The van der Waals surface area contributed by atoms with Crippen LogP contribution in [0.2, 0.25) is 0 Å². The number of nitrogens with zero attached hydrogens (tertiary/aromatic N) is 1. The van der Waals surface area contributed by atoms with Crippen LogP contribution in [0.15, 0.2) is 224 Å². The maximum Gasteiger partial charge on any atom is 0.0725 e. The highest BCUT2D eigenvalue weighted by atomic mass is 15.1. The average molecular weight is 729 g/mol. The second-order valence-electron chi connectivity index (χ2n) is 15.3. The van der Waals surface area contributed by atoms with E-state index < -0.39 is 0 Å². The quantitative estimate of drug-likeness (QED) is 0.176. The molecule has 8 aromatic rings. The van der Waals surface area contributed by atoms with Crippen LogP contribution in [0.4, 0.5) is 22.7 Å². The highest BCUT2D eigenvalue weighted by Gasteiger charge is 2.51. The minimum atomic E-state index is -0.354. The van der Waals surface area contributed by atoms with Gasteiger partial charge in [-0.3, -0.25) is 0 Å². The molecule has 0 aliphatic heterocycles. The Labute approximate surface area is 334 Å². The van der Waals surface area contributed by atoms with Crippen molar-refractivity contribution in [2.24, 2.45) is 0 Å². The van der Waals surface area contributed by atoms with Crippen molar-refractivity contribution in [3.63, 3.8) is 0 Å². The van der Waals surface area contributed by atoms with Gasteiger partial charge in [0.05, 0.1) is 11.5 Å². The summed E-state index contributed by atoms with van der Waals surface area (Å²) in [5.41, 5.74) is 18.6. The first-order valence-electron chi connectivity index (χ1n) is 19.9.